The Morgan fingerprint density at radius 3 is 2.75 bits per heavy atom. The van der Waals surface area contributed by atoms with Gasteiger partial charge < -0.3 is 34.8 Å². The quantitative estimate of drug-likeness (QED) is 0.398. The zero-order valence-corrected chi connectivity index (χ0v) is 13.5. The maximum absolute atomic E-state index is 11.2. The third kappa shape index (κ3) is 5.14. The molecular formula is C8H12N4O10P2-2. The smallest absolute Gasteiger partial charge is 0.476 e. The summed E-state index contributed by atoms with van der Waals surface area (Å²) >= 11 is 0. The van der Waals surface area contributed by atoms with Crippen molar-refractivity contribution in [1.29, 1.82) is 0 Å². The number of phosphoric acid groups is 2. The molecule has 24 heavy (non-hydrogen) atoms. The number of carbonyl (C=O) groups is 1. The number of nitrogens with two attached hydrogens (primary N) is 1. The van der Waals surface area contributed by atoms with Crippen molar-refractivity contribution in [2.24, 2.45) is 5.73 Å². The van der Waals surface area contributed by atoms with Crippen LogP contribution in [0.25, 0.3) is 0 Å². The van der Waals surface area contributed by atoms with Crippen molar-refractivity contribution in [2.45, 2.75) is 24.9 Å². The van der Waals surface area contributed by atoms with Gasteiger partial charge >= 0.3 is 7.82 Å². The highest BCUT2D eigenvalue weighted by molar-refractivity contribution is 7.59. The second-order valence-electron chi connectivity index (χ2n) is 4.67. The van der Waals surface area contributed by atoms with Crippen LogP contribution < -0.4 is 15.5 Å². The summed E-state index contributed by atoms with van der Waals surface area (Å²) in [6.07, 6.45) is -2.07. The average molecular weight is 386 g/mol. The summed E-state index contributed by atoms with van der Waals surface area (Å²) in [7, 11) is -10.9. The molecule has 0 aliphatic carbocycles. The standard InChI is InChI=1S/C8H14N4O10P2/c9-8(14)4-2-12(11-10-4)7-1-5(13)6(21-7)3-20-24(18,19)22-23(15,16)17/h2,5-7,13H,1,3H2,(H2,9,14)(H,18,19)(H2,15,16,17)/p-2/t5-,6+,7+/m0/s1. The van der Waals surface area contributed by atoms with Crippen LogP contribution in [0.15, 0.2) is 6.20 Å². The number of amides is 1. The first-order chi connectivity index (χ1) is 11.0. The number of phosphoric ester groups is 1. The maximum Gasteiger partial charge on any atom is 0.476 e. The summed E-state index contributed by atoms with van der Waals surface area (Å²) in [6, 6.07) is 0. The molecule has 1 aliphatic heterocycles. The van der Waals surface area contributed by atoms with Crippen molar-refractivity contribution in [1.82, 2.24) is 15.0 Å². The van der Waals surface area contributed by atoms with E-state index in [1.165, 1.54) is 6.20 Å². The number of carbonyl (C=O) groups excluding carboxylic acids is 1. The Bertz CT molecular complexity index is 703. The van der Waals surface area contributed by atoms with Gasteiger partial charge in [0.15, 0.2) is 11.9 Å². The van der Waals surface area contributed by atoms with Crippen LogP contribution in [0.1, 0.15) is 23.1 Å². The molecule has 0 radical (unpaired) electrons. The minimum atomic E-state index is -5.74. The number of nitrogens with zero attached hydrogens (tertiary/aromatic N) is 3. The molecule has 4 atom stereocenters. The number of hydrogen-bond acceptors (Lipinski definition) is 11. The van der Waals surface area contributed by atoms with Gasteiger partial charge in [-0.2, -0.15) is 0 Å². The van der Waals surface area contributed by atoms with Gasteiger partial charge in [0, 0.05) is 6.42 Å². The zero-order chi connectivity index (χ0) is 18.1. The molecule has 2 heterocycles. The molecule has 1 aromatic heterocycles. The monoisotopic (exact) mass is 386 g/mol. The van der Waals surface area contributed by atoms with Gasteiger partial charge in [0.05, 0.1) is 26.7 Å². The van der Waals surface area contributed by atoms with Crippen LogP contribution in [0, 0.1) is 0 Å². The maximum atomic E-state index is 11.2. The largest absolute Gasteiger partial charge is 0.789 e. The van der Waals surface area contributed by atoms with Gasteiger partial charge in [-0.3, -0.25) is 13.6 Å². The zero-order valence-electron chi connectivity index (χ0n) is 11.7. The van der Waals surface area contributed by atoms with Gasteiger partial charge in [-0.1, -0.05) is 5.21 Å². The number of aliphatic hydroxyl groups is 1. The minimum Gasteiger partial charge on any atom is -0.789 e. The molecule has 136 valence electrons. The van der Waals surface area contributed by atoms with Crippen LogP contribution in [-0.2, 0) is 22.7 Å². The minimum absolute atomic E-state index is 0.0339. The van der Waals surface area contributed by atoms with Crippen molar-refractivity contribution in [3.63, 3.8) is 0 Å². The normalized spacial score (nSPS) is 27.1. The molecule has 1 aliphatic rings. The fourth-order valence-corrected chi connectivity index (χ4v) is 3.41. The van der Waals surface area contributed by atoms with Crippen molar-refractivity contribution >= 4 is 21.6 Å². The summed E-state index contributed by atoms with van der Waals surface area (Å²) in [5, 5.41) is 16.9. The Hall–Kier alpha value is -1.21. The Balaban J connectivity index is 1.95. The predicted molar refractivity (Wildman–Crippen MR) is 67.5 cm³/mol. The molecule has 4 N–H and O–H groups in total. The fraction of sp³-hybridized carbons (Fsp3) is 0.625. The lowest BCUT2D eigenvalue weighted by Crippen LogP contribution is -2.26. The third-order valence-corrected chi connectivity index (χ3v) is 4.97. The number of aromatic nitrogens is 3. The lowest BCUT2D eigenvalue weighted by molar-refractivity contribution is -0.334. The van der Waals surface area contributed by atoms with E-state index in [2.05, 4.69) is 19.1 Å². The molecular weight excluding hydrogens is 374 g/mol. The lowest BCUT2D eigenvalue weighted by Gasteiger charge is -2.30. The summed E-state index contributed by atoms with van der Waals surface area (Å²) in [6.45, 7) is -0.747. The molecule has 0 bridgehead atoms. The Labute approximate surface area is 134 Å². The summed E-state index contributed by atoms with van der Waals surface area (Å²) in [5.41, 5.74) is 4.88. The molecule has 0 aromatic carbocycles. The highest BCUT2D eigenvalue weighted by atomic mass is 31.3. The summed E-state index contributed by atoms with van der Waals surface area (Å²) in [5.74, 6) is -0.822. The topological polar surface area (TPSA) is 222 Å². The van der Waals surface area contributed by atoms with E-state index in [1.54, 1.807) is 0 Å². The number of rotatable bonds is 7. The van der Waals surface area contributed by atoms with Gasteiger partial charge in [0.25, 0.3) is 5.91 Å². The van der Waals surface area contributed by atoms with Crippen LogP contribution in [0.3, 0.4) is 0 Å². The molecule has 0 saturated carbocycles. The third-order valence-electron chi connectivity index (χ3n) is 2.87. The number of primary amides is 1. The van der Waals surface area contributed by atoms with E-state index >= 15 is 0 Å². The van der Waals surface area contributed by atoms with Crippen LogP contribution in [0.2, 0.25) is 0 Å². The predicted octanol–water partition coefficient (Wildman–Crippen LogP) is -3.01. The number of aliphatic hydroxyl groups excluding tert-OH is 1. The Morgan fingerprint density at radius 2 is 2.21 bits per heavy atom. The van der Waals surface area contributed by atoms with Gasteiger partial charge in [0.2, 0.25) is 0 Å². The Morgan fingerprint density at radius 1 is 1.54 bits per heavy atom. The van der Waals surface area contributed by atoms with Crippen molar-refractivity contribution in [3.05, 3.63) is 11.9 Å². The second-order valence-corrected chi connectivity index (χ2v) is 7.42. The average Bonchev–Trinajstić information content (AvgIpc) is 3.00. The lowest BCUT2D eigenvalue weighted by atomic mass is 10.2. The van der Waals surface area contributed by atoms with E-state index in [9.17, 15) is 28.8 Å². The highest BCUT2D eigenvalue weighted by Gasteiger charge is 2.38. The molecule has 1 aromatic rings. The van der Waals surface area contributed by atoms with E-state index in [1.807, 2.05) is 0 Å². The Kier molecular flexibility index (Phi) is 5.54. The molecule has 1 saturated heterocycles. The molecule has 1 unspecified atom stereocenters. The molecule has 2 rings (SSSR count). The van der Waals surface area contributed by atoms with Crippen LogP contribution in [-0.4, -0.2) is 49.7 Å². The highest BCUT2D eigenvalue weighted by Crippen LogP contribution is 2.54. The molecule has 14 nitrogen and oxygen atoms in total. The van der Waals surface area contributed by atoms with Gasteiger partial charge in [-0.15, -0.1) is 5.10 Å². The molecule has 16 heteroatoms. The first-order valence-corrected chi connectivity index (χ1v) is 9.18. The van der Waals surface area contributed by atoms with Crippen molar-refractivity contribution < 1.29 is 47.3 Å². The second kappa shape index (κ2) is 6.96. The van der Waals surface area contributed by atoms with Gasteiger partial charge in [-0.05, 0) is 0 Å². The van der Waals surface area contributed by atoms with E-state index in [-0.39, 0.29) is 12.1 Å². The van der Waals surface area contributed by atoms with Gasteiger partial charge in [-0.25, -0.2) is 9.25 Å². The molecule has 0 spiro atoms. The van der Waals surface area contributed by atoms with Crippen molar-refractivity contribution in [2.75, 3.05) is 6.61 Å². The number of ether oxygens (including phenoxy) is 1. The first kappa shape index (κ1) is 19.1. The van der Waals surface area contributed by atoms with Gasteiger partial charge in [0.1, 0.15) is 6.10 Å². The number of hydrogen-bond donors (Lipinski definition) is 3. The van der Waals surface area contributed by atoms with E-state index in [0.29, 0.717) is 0 Å². The summed E-state index contributed by atoms with van der Waals surface area (Å²) < 4.78 is 35.6. The first-order valence-electron chi connectivity index (χ1n) is 6.23. The van der Waals surface area contributed by atoms with Crippen LogP contribution in [0.4, 0.5) is 0 Å². The van der Waals surface area contributed by atoms with Crippen LogP contribution in [0.5, 0.6) is 0 Å². The molecule has 1 amide bonds. The summed E-state index contributed by atoms with van der Waals surface area (Å²) in [4.78, 5) is 40.6. The van der Waals surface area contributed by atoms with E-state index in [4.69, 9.17) is 15.4 Å². The van der Waals surface area contributed by atoms with Crippen molar-refractivity contribution in [3.8, 4) is 0 Å². The SMILES string of the molecule is NC(=O)c1cn([C@H]2C[C@H](O)[C@@H](COP(=O)(O)OP(=O)([O-])[O-])O2)nn1. The van der Waals surface area contributed by atoms with Crippen LogP contribution >= 0.6 is 15.6 Å². The fourth-order valence-electron chi connectivity index (χ4n) is 1.88. The molecule has 1 fully saturated rings. The van der Waals surface area contributed by atoms with E-state index in [0.717, 1.165) is 4.68 Å². The van der Waals surface area contributed by atoms with E-state index < -0.39 is 46.6 Å².